The molecule has 0 radical (unpaired) electrons. The van der Waals surface area contributed by atoms with Crippen LogP contribution in [0.4, 0.5) is 5.69 Å². The molecule has 3 heteroatoms. The number of hydrogen-bond donors (Lipinski definition) is 1. The van der Waals surface area contributed by atoms with Crippen LogP contribution < -0.4 is 10.2 Å². The zero-order valence-corrected chi connectivity index (χ0v) is 18.9. The molecule has 3 nitrogen and oxygen atoms in total. The first-order valence-corrected chi connectivity index (χ1v) is 11.4. The molecule has 0 saturated heterocycles. The number of para-hydroxylation sites is 3. The molecule has 0 bridgehead atoms. The Labute approximate surface area is 194 Å². The molecular weight excluding hydrogens is 404 g/mol. The second kappa shape index (κ2) is 7.86. The topological polar surface area (TPSA) is 28.4 Å². The Morgan fingerprint density at radius 1 is 0.879 bits per heavy atom. The van der Waals surface area contributed by atoms with Gasteiger partial charge in [0.2, 0.25) is 0 Å². The molecule has 1 atom stereocenters. The Hall–Kier alpha value is -3.98. The Morgan fingerprint density at radius 3 is 2.58 bits per heavy atom. The number of hydrogen-bond acceptors (Lipinski definition) is 3. The molecule has 0 aliphatic carbocycles. The van der Waals surface area contributed by atoms with Gasteiger partial charge in [0.15, 0.2) is 0 Å². The molecule has 2 aliphatic heterocycles. The summed E-state index contributed by atoms with van der Waals surface area (Å²) in [5.74, 6) is 0. The van der Waals surface area contributed by atoms with Gasteiger partial charge in [0.1, 0.15) is 11.2 Å². The van der Waals surface area contributed by atoms with Gasteiger partial charge in [-0.3, -0.25) is 0 Å². The molecule has 3 aromatic carbocycles. The standard InChI is InChI=1S/C30H26N2O/c1-20-16-17-32(27-12-5-3-9-24(27)26-15-14-21(2)19-31-26)28(18-20)25-11-7-10-23-22-8-4-6-13-29(22)33-30(23)25/h3-18,28,31H,19H2,1-2H3. The van der Waals surface area contributed by atoms with Crippen LogP contribution in [-0.2, 0) is 0 Å². The minimum Gasteiger partial charge on any atom is -0.456 e. The zero-order chi connectivity index (χ0) is 22.4. The van der Waals surface area contributed by atoms with E-state index in [1.165, 1.54) is 28.0 Å². The third kappa shape index (κ3) is 3.37. The smallest absolute Gasteiger partial charge is 0.141 e. The van der Waals surface area contributed by atoms with Gasteiger partial charge in [-0.1, -0.05) is 77.9 Å². The normalized spacial score (nSPS) is 18.2. The highest BCUT2D eigenvalue weighted by atomic mass is 16.3. The van der Waals surface area contributed by atoms with Gasteiger partial charge >= 0.3 is 0 Å². The molecule has 162 valence electrons. The fourth-order valence-corrected chi connectivity index (χ4v) is 4.84. The molecule has 2 aliphatic rings. The number of furan rings is 1. The average molecular weight is 431 g/mol. The second-order valence-corrected chi connectivity index (χ2v) is 8.86. The van der Waals surface area contributed by atoms with Crippen molar-refractivity contribution in [3.63, 3.8) is 0 Å². The maximum atomic E-state index is 6.40. The molecule has 0 fully saturated rings. The zero-order valence-electron chi connectivity index (χ0n) is 18.9. The van der Waals surface area contributed by atoms with E-state index in [1.54, 1.807) is 0 Å². The molecule has 0 spiro atoms. The van der Waals surface area contributed by atoms with E-state index in [-0.39, 0.29) is 6.04 Å². The molecule has 1 aromatic heterocycles. The lowest BCUT2D eigenvalue weighted by Gasteiger charge is -2.34. The molecule has 3 heterocycles. The Bertz CT molecular complexity index is 1500. The van der Waals surface area contributed by atoms with Gasteiger partial charge in [-0.2, -0.15) is 0 Å². The van der Waals surface area contributed by atoms with Gasteiger partial charge in [0.05, 0.1) is 11.7 Å². The number of fused-ring (bicyclic) bond motifs is 3. The van der Waals surface area contributed by atoms with Crippen molar-refractivity contribution in [2.45, 2.75) is 19.9 Å². The van der Waals surface area contributed by atoms with Crippen molar-refractivity contribution in [1.29, 1.82) is 0 Å². The number of nitrogens with zero attached hydrogens (tertiary/aromatic N) is 1. The molecule has 6 rings (SSSR count). The third-order valence-electron chi connectivity index (χ3n) is 6.54. The van der Waals surface area contributed by atoms with Crippen LogP contribution in [0.5, 0.6) is 0 Å². The fourth-order valence-electron chi connectivity index (χ4n) is 4.84. The van der Waals surface area contributed by atoms with Crippen LogP contribution in [0.15, 0.2) is 113 Å². The largest absolute Gasteiger partial charge is 0.456 e. The summed E-state index contributed by atoms with van der Waals surface area (Å²) in [6.07, 6.45) is 11.1. The first-order chi connectivity index (χ1) is 16.2. The van der Waals surface area contributed by atoms with Crippen molar-refractivity contribution < 1.29 is 4.42 Å². The summed E-state index contributed by atoms with van der Waals surface area (Å²) in [4.78, 5) is 2.36. The van der Waals surface area contributed by atoms with Crippen LogP contribution in [0.25, 0.3) is 27.6 Å². The minimum atomic E-state index is 0.0295. The van der Waals surface area contributed by atoms with E-state index in [4.69, 9.17) is 4.42 Å². The van der Waals surface area contributed by atoms with E-state index < -0.39 is 0 Å². The summed E-state index contributed by atoms with van der Waals surface area (Å²) < 4.78 is 6.40. The summed E-state index contributed by atoms with van der Waals surface area (Å²) >= 11 is 0. The van der Waals surface area contributed by atoms with Crippen molar-refractivity contribution in [1.82, 2.24) is 5.32 Å². The highest BCUT2D eigenvalue weighted by Gasteiger charge is 2.26. The number of rotatable bonds is 3. The number of nitrogens with one attached hydrogen (secondary N) is 1. The number of benzene rings is 3. The van der Waals surface area contributed by atoms with E-state index in [9.17, 15) is 0 Å². The highest BCUT2D eigenvalue weighted by molar-refractivity contribution is 6.06. The molecule has 0 amide bonds. The monoisotopic (exact) mass is 430 g/mol. The van der Waals surface area contributed by atoms with E-state index in [0.29, 0.717) is 0 Å². The van der Waals surface area contributed by atoms with Crippen LogP contribution >= 0.6 is 0 Å². The van der Waals surface area contributed by atoms with Crippen molar-refractivity contribution in [3.05, 3.63) is 120 Å². The number of anilines is 1. The predicted molar refractivity (Wildman–Crippen MR) is 138 cm³/mol. The average Bonchev–Trinajstić information content (AvgIpc) is 3.23. The van der Waals surface area contributed by atoms with E-state index in [2.05, 4.69) is 109 Å². The molecule has 0 saturated carbocycles. The maximum absolute atomic E-state index is 6.40. The molecule has 1 unspecified atom stereocenters. The molecule has 1 N–H and O–H groups in total. The first kappa shape index (κ1) is 19.7. The SMILES string of the molecule is CC1=CC(c2cccc3c2oc2ccccc23)N(c2ccccc2C2=CC=C(C)CN2)C=C1. The van der Waals surface area contributed by atoms with Crippen molar-refractivity contribution in [3.8, 4) is 0 Å². The maximum Gasteiger partial charge on any atom is 0.141 e. The summed E-state index contributed by atoms with van der Waals surface area (Å²) in [6, 6.07) is 23.4. The summed E-state index contributed by atoms with van der Waals surface area (Å²) in [7, 11) is 0. The van der Waals surface area contributed by atoms with Gasteiger partial charge < -0.3 is 14.6 Å². The summed E-state index contributed by atoms with van der Waals surface area (Å²) in [5.41, 5.74) is 9.15. The Balaban J connectivity index is 1.52. The minimum absolute atomic E-state index is 0.0295. The van der Waals surface area contributed by atoms with Crippen LogP contribution in [-0.4, -0.2) is 6.54 Å². The van der Waals surface area contributed by atoms with Crippen molar-refractivity contribution in [2.24, 2.45) is 0 Å². The van der Waals surface area contributed by atoms with Crippen LogP contribution in [0.3, 0.4) is 0 Å². The quantitative estimate of drug-likeness (QED) is 0.365. The molecule has 33 heavy (non-hydrogen) atoms. The van der Waals surface area contributed by atoms with Crippen LogP contribution in [0.2, 0.25) is 0 Å². The lowest BCUT2D eigenvalue weighted by atomic mass is 9.96. The van der Waals surface area contributed by atoms with Gasteiger partial charge in [-0.05, 0) is 38.1 Å². The summed E-state index contributed by atoms with van der Waals surface area (Å²) in [5, 5.41) is 5.90. The van der Waals surface area contributed by atoms with Gasteiger partial charge in [-0.25, -0.2) is 0 Å². The third-order valence-corrected chi connectivity index (χ3v) is 6.54. The lowest BCUT2D eigenvalue weighted by Crippen LogP contribution is -2.26. The van der Waals surface area contributed by atoms with Crippen molar-refractivity contribution in [2.75, 3.05) is 11.4 Å². The Kier molecular flexibility index (Phi) is 4.69. The summed E-state index contributed by atoms with van der Waals surface area (Å²) in [6.45, 7) is 5.18. The van der Waals surface area contributed by atoms with Gasteiger partial charge in [0.25, 0.3) is 0 Å². The van der Waals surface area contributed by atoms with E-state index in [0.717, 1.165) is 34.2 Å². The van der Waals surface area contributed by atoms with Crippen LogP contribution in [0, 0.1) is 0 Å². The number of allylic oxidation sites excluding steroid dienone is 4. The highest BCUT2D eigenvalue weighted by Crippen LogP contribution is 2.41. The molecule has 4 aromatic rings. The predicted octanol–water partition coefficient (Wildman–Crippen LogP) is 7.50. The van der Waals surface area contributed by atoms with E-state index in [1.807, 2.05) is 12.1 Å². The second-order valence-electron chi connectivity index (χ2n) is 8.86. The van der Waals surface area contributed by atoms with Gasteiger partial charge in [0, 0.05) is 40.3 Å². The fraction of sp³-hybridized carbons (Fsp3) is 0.133. The first-order valence-electron chi connectivity index (χ1n) is 11.4. The van der Waals surface area contributed by atoms with E-state index >= 15 is 0 Å². The number of dihydropyridines is 1. The molecular formula is C30H26N2O. The Morgan fingerprint density at radius 2 is 1.70 bits per heavy atom. The van der Waals surface area contributed by atoms with Crippen molar-refractivity contribution >= 4 is 33.3 Å². The van der Waals surface area contributed by atoms with Crippen LogP contribution in [0.1, 0.15) is 31.0 Å². The lowest BCUT2D eigenvalue weighted by molar-refractivity contribution is 0.656. The van der Waals surface area contributed by atoms with Gasteiger partial charge in [-0.15, -0.1) is 0 Å².